The fourth-order valence-electron chi connectivity index (χ4n) is 3.51. The Kier molecular flexibility index (Phi) is 7.50. The van der Waals surface area contributed by atoms with Crippen LogP contribution in [0.3, 0.4) is 0 Å². The van der Waals surface area contributed by atoms with Crippen LogP contribution in [0, 0.1) is 5.82 Å². The van der Waals surface area contributed by atoms with Gasteiger partial charge in [-0.15, -0.1) is 10.2 Å². The molecule has 2 aromatic heterocycles. The van der Waals surface area contributed by atoms with E-state index in [0.29, 0.717) is 29.1 Å². The minimum absolute atomic E-state index is 0.101. The Morgan fingerprint density at radius 1 is 1.09 bits per heavy atom. The van der Waals surface area contributed by atoms with E-state index >= 15 is 0 Å². The van der Waals surface area contributed by atoms with Crippen LogP contribution < -0.4 is 10.1 Å². The lowest BCUT2D eigenvalue weighted by atomic mass is 10.2. The second-order valence-corrected chi connectivity index (χ2v) is 9.36. The van der Waals surface area contributed by atoms with Gasteiger partial charge in [0.15, 0.2) is 11.0 Å². The average molecular weight is 495 g/mol. The van der Waals surface area contributed by atoms with E-state index in [2.05, 4.69) is 20.6 Å². The number of aromatic nitrogens is 5. The standard InChI is InChI=1S/C25H27FN6O2S/c1-5-34-19-12-10-18(11-13-19)23-29-30-25(31(23)21-9-7-6-8-20(21)26)35-17(4)24(33)28-22-14-15-27-32(22)16(2)3/h6-17H,5H2,1-4H3,(H,28,33). The van der Waals surface area contributed by atoms with Gasteiger partial charge in [-0.3, -0.25) is 9.36 Å². The van der Waals surface area contributed by atoms with E-state index < -0.39 is 11.1 Å². The van der Waals surface area contributed by atoms with E-state index in [-0.39, 0.29) is 11.9 Å². The van der Waals surface area contributed by atoms with Crippen LogP contribution in [0.2, 0.25) is 0 Å². The average Bonchev–Trinajstić information content (AvgIpc) is 3.47. The van der Waals surface area contributed by atoms with Gasteiger partial charge in [0.05, 0.1) is 23.7 Å². The molecule has 10 heteroatoms. The number of carbonyl (C=O) groups excluding carboxylic acids is 1. The van der Waals surface area contributed by atoms with Crippen molar-refractivity contribution < 1.29 is 13.9 Å². The number of hydrogen-bond acceptors (Lipinski definition) is 6. The largest absolute Gasteiger partial charge is 0.494 e. The summed E-state index contributed by atoms with van der Waals surface area (Å²) in [6.45, 7) is 8.22. The number of amides is 1. The molecule has 0 radical (unpaired) electrons. The molecule has 0 bridgehead atoms. The molecule has 1 atom stereocenters. The van der Waals surface area contributed by atoms with Crippen LogP contribution in [0.1, 0.15) is 33.7 Å². The van der Waals surface area contributed by atoms with Gasteiger partial charge in [-0.1, -0.05) is 23.9 Å². The number of anilines is 1. The Hall–Kier alpha value is -3.66. The highest BCUT2D eigenvalue weighted by Crippen LogP contribution is 2.32. The molecule has 182 valence electrons. The van der Waals surface area contributed by atoms with Crippen molar-refractivity contribution >= 4 is 23.5 Å². The molecule has 4 aromatic rings. The first-order valence-electron chi connectivity index (χ1n) is 11.3. The molecule has 2 aromatic carbocycles. The fourth-order valence-corrected chi connectivity index (χ4v) is 4.38. The second-order valence-electron chi connectivity index (χ2n) is 8.05. The number of ether oxygens (including phenoxy) is 1. The van der Waals surface area contributed by atoms with Crippen molar-refractivity contribution in [3.63, 3.8) is 0 Å². The van der Waals surface area contributed by atoms with Crippen LogP contribution in [-0.4, -0.2) is 42.3 Å². The lowest BCUT2D eigenvalue weighted by Gasteiger charge is -2.16. The number of nitrogens with one attached hydrogen (secondary N) is 1. The minimum Gasteiger partial charge on any atom is -0.494 e. The SMILES string of the molecule is CCOc1ccc(-c2nnc(SC(C)C(=O)Nc3ccnn3C(C)C)n2-c2ccccc2F)cc1. The number of carbonyl (C=O) groups is 1. The summed E-state index contributed by atoms with van der Waals surface area (Å²) in [5.41, 5.74) is 1.04. The molecule has 0 aliphatic heterocycles. The molecule has 2 heterocycles. The van der Waals surface area contributed by atoms with Crippen molar-refractivity contribution in [1.29, 1.82) is 0 Å². The van der Waals surface area contributed by atoms with Gasteiger partial charge < -0.3 is 10.1 Å². The third-order valence-electron chi connectivity index (χ3n) is 5.21. The minimum atomic E-state index is -0.534. The molecule has 1 unspecified atom stereocenters. The highest BCUT2D eigenvalue weighted by molar-refractivity contribution is 8.00. The maximum absolute atomic E-state index is 14.9. The van der Waals surface area contributed by atoms with Gasteiger partial charge in [-0.25, -0.2) is 9.07 Å². The van der Waals surface area contributed by atoms with E-state index in [0.717, 1.165) is 11.3 Å². The fraction of sp³-hybridized carbons (Fsp3) is 0.280. The molecule has 0 fully saturated rings. The monoisotopic (exact) mass is 494 g/mol. The maximum Gasteiger partial charge on any atom is 0.238 e. The summed E-state index contributed by atoms with van der Waals surface area (Å²) in [5.74, 6) is 1.17. The number of rotatable bonds is 9. The molecule has 1 amide bonds. The molecule has 0 saturated heterocycles. The van der Waals surface area contributed by atoms with Crippen LogP contribution in [0.5, 0.6) is 5.75 Å². The van der Waals surface area contributed by atoms with Gasteiger partial charge >= 0.3 is 0 Å². The highest BCUT2D eigenvalue weighted by Gasteiger charge is 2.24. The van der Waals surface area contributed by atoms with Crippen molar-refractivity contribution in [3.8, 4) is 22.8 Å². The van der Waals surface area contributed by atoms with E-state index in [1.165, 1.54) is 17.8 Å². The van der Waals surface area contributed by atoms with Crippen molar-refractivity contribution in [2.24, 2.45) is 0 Å². The molecular formula is C25H27FN6O2S. The van der Waals surface area contributed by atoms with Gasteiger partial charge in [0.25, 0.3) is 0 Å². The molecular weight excluding hydrogens is 467 g/mol. The first kappa shape index (κ1) is 24.5. The Bertz CT molecular complexity index is 1300. The number of halogens is 1. The van der Waals surface area contributed by atoms with Gasteiger partial charge in [-0.2, -0.15) is 5.10 Å². The first-order chi connectivity index (χ1) is 16.9. The number of hydrogen-bond donors (Lipinski definition) is 1. The molecule has 35 heavy (non-hydrogen) atoms. The topological polar surface area (TPSA) is 86.9 Å². The lowest BCUT2D eigenvalue weighted by molar-refractivity contribution is -0.115. The van der Waals surface area contributed by atoms with Gasteiger partial charge in [0.2, 0.25) is 5.91 Å². The summed E-state index contributed by atoms with van der Waals surface area (Å²) < 4.78 is 23.8. The summed E-state index contributed by atoms with van der Waals surface area (Å²) in [5, 5.41) is 15.7. The highest BCUT2D eigenvalue weighted by atomic mass is 32.2. The summed E-state index contributed by atoms with van der Waals surface area (Å²) >= 11 is 1.20. The van der Waals surface area contributed by atoms with E-state index in [4.69, 9.17) is 4.74 Å². The van der Waals surface area contributed by atoms with E-state index in [1.54, 1.807) is 46.6 Å². The van der Waals surface area contributed by atoms with Gasteiger partial charge in [-0.05, 0) is 64.1 Å². The zero-order valence-electron chi connectivity index (χ0n) is 20.0. The Morgan fingerprint density at radius 3 is 2.51 bits per heavy atom. The maximum atomic E-state index is 14.9. The number of benzene rings is 2. The molecule has 8 nitrogen and oxygen atoms in total. The van der Waals surface area contributed by atoms with Crippen LogP contribution >= 0.6 is 11.8 Å². The number of nitrogens with zero attached hydrogens (tertiary/aromatic N) is 5. The van der Waals surface area contributed by atoms with Crippen molar-refractivity contribution in [1.82, 2.24) is 24.5 Å². The smallest absolute Gasteiger partial charge is 0.238 e. The first-order valence-corrected chi connectivity index (χ1v) is 12.2. The number of thioether (sulfide) groups is 1. The molecule has 0 saturated carbocycles. The predicted octanol–water partition coefficient (Wildman–Crippen LogP) is 5.37. The summed E-state index contributed by atoms with van der Waals surface area (Å²) in [6.07, 6.45) is 1.64. The molecule has 4 rings (SSSR count). The van der Waals surface area contributed by atoms with Crippen LogP contribution in [0.15, 0.2) is 66.0 Å². The Balaban J connectivity index is 1.65. The van der Waals surface area contributed by atoms with Crippen molar-refractivity contribution in [2.75, 3.05) is 11.9 Å². The normalized spacial score (nSPS) is 12.1. The molecule has 0 aliphatic rings. The molecule has 0 spiro atoms. The van der Waals surface area contributed by atoms with E-state index in [1.807, 2.05) is 45.0 Å². The summed E-state index contributed by atoms with van der Waals surface area (Å²) in [6, 6.07) is 15.6. The quantitative estimate of drug-likeness (QED) is 0.315. The van der Waals surface area contributed by atoms with Gasteiger partial charge in [0, 0.05) is 17.7 Å². The van der Waals surface area contributed by atoms with Gasteiger partial charge in [0.1, 0.15) is 17.4 Å². The predicted molar refractivity (Wildman–Crippen MR) is 134 cm³/mol. The summed E-state index contributed by atoms with van der Waals surface area (Å²) in [4.78, 5) is 13.0. The van der Waals surface area contributed by atoms with E-state index in [9.17, 15) is 9.18 Å². The Morgan fingerprint density at radius 2 is 1.83 bits per heavy atom. The van der Waals surface area contributed by atoms with Crippen LogP contribution in [-0.2, 0) is 4.79 Å². The Labute approximate surface area is 207 Å². The van der Waals surface area contributed by atoms with Crippen molar-refractivity contribution in [3.05, 3.63) is 66.6 Å². The van der Waals surface area contributed by atoms with Crippen LogP contribution in [0.4, 0.5) is 10.2 Å². The third-order valence-corrected chi connectivity index (χ3v) is 6.26. The lowest BCUT2D eigenvalue weighted by Crippen LogP contribution is -2.25. The third kappa shape index (κ3) is 5.37. The zero-order valence-corrected chi connectivity index (χ0v) is 20.8. The number of para-hydroxylation sites is 1. The molecule has 1 N–H and O–H groups in total. The summed E-state index contributed by atoms with van der Waals surface area (Å²) in [7, 11) is 0. The molecule has 0 aliphatic carbocycles. The van der Waals surface area contributed by atoms with Crippen molar-refractivity contribution in [2.45, 2.75) is 44.1 Å². The second kappa shape index (κ2) is 10.7. The van der Waals surface area contributed by atoms with Crippen LogP contribution in [0.25, 0.3) is 17.1 Å². The zero-order chi connectivity index (χ0) is 24.9.